The van der Waals surface area contributed by atoms with Gasteiger partial charge in [-0.3, -0.25) is 5.43 Å². The van der Waals surface area contributed by atoms with Crippen molar-refractivity contribution in [1.29, 1.82) is 0 Å². The van der Waals surface area contributed by atoms with Crippen molar-refractivity contribution in [3.05, 3.63) is 12.3 Å². The van der Waals surface area contributed by atoms with E-state index in [0.29, 0.717) is 12.0 Å². The number of nitrogens with zero attached hydrogens (tertiary/aromatic N) is 3. The molecule has 94 valence electrons. The van der Waals surface area contributed by atoms with Gasteiger partial charge in [0.25, 0.3) is 0 Å². The number of nitrogens with two attached hydrogens (primary N) is 1. The number of hydrogen-bond acceptors (Lipinski definition) is 5. The van der Waals surface area contributed by atoms with Crippen molar-refractivity contribution in [3.8, 4) is 0 Å². The molecule has 3 N–H and O–H groups in total. The van der Waals surface area contributed by atoms with E-state index < -0.39 is 0 Å². The van der Waals surface area contributed by atoms with Crippen molar-refractivity contribution in [3.63, 3.8) is 0 Å². The zero-order valence-electron chi connectivity index (χ0n) is 10.6. The first-order chi connectivity index (χ1) is 8.22. The Morgan fingerprint density at radius 3 is 2.88 bits per heavy atom. The lowest BCUT2D eigenvalue weighted by Gasteiger charge is -2.36. The minimum absolute atomic E-state index is 0.470. The maximum atomic E-state index is 5.33. The summed E-state index contributed by atoms with van der Waals surface area (Å²) in [4.78, 5) is 10.7. The highest BCUT2D eigenvalue weighted by Crippen LogP contribution is 2.29. The quantitative estimate of drug-likeness (QED) is 0.617. The second-order valence-electron chi connectivity index (χ2n) is 4.82. The second kappa shape index (κ2) is 5.31. The van der Waals surface area contributed by atoms with Crippen LogP contribution in [0.15, 0.2) is 12.3 Å². The molecular formula is C12H21N5. The summed E-state index contributed by atoms with van der Waals surface area (Å²) in [6.45, 7) is 2.32. The highest BCUT2D eigenvalue weighted by molar-refractivity contribution is 5.42. The summed E-state index contributed by atoms with van der Waals surface area (Å²) in [7, 11) is 2.11. The molecule has 2 rings (SSSR count). The molecule has 0 aromatic carbocycles. The molecule has 1 aliphatic carbocycles. The van der Waals surface area contributed by atoms with Crippen molar-refractivity contribution >= 4 is 11.8 Å². The number of hydrazine groups is 1. The lowest BCUT2D eigenvalue weighted by molar-refractivity contribution is 0.320. The fourth-order valence-corrected chi connectivity index (χ4v) is 2.66. The molecule has 0 bridgehead atoms. The fraction of sp³-hybridized carbons (Fsp3) is 0.667. The number of nitrogen functional groups attached to an aromatic ring is 1. The molecule has 17 heavy (non-hydrogen) atoms. The smallest absolute Gasteiger partial charge is 0.239 e. The van der Waals surface area contributed by atoms with E-state index >= 15 is 0 Å². The number of rotatable bonds is 3. The highest BCUT2D eigenvalue weighted by atomic mass is 15.3. The SMILES string of the molecule is CC1CCCCC1N(C)c1ccnc(NN)n1. The van der Waals surface area contributed by atoms with Crippen LogP contribution in [0.4, 0.5) is 11.8 Å². The lowest BCUT2D eigenvalue weighted by atomic mass is 9.85. The van der Waals surface area contributed by atoms with Gasteiger partial charge in [-0.2, -0.15) is 4.98 Å². The maximum Gasteiger partial charge on any atom is 0.239 e. The van der Waals surface area contributed by atoms with Crippen LogP contribution in [0.3, 0.4) is 0 Å². The average Bonchev–Trinajstić information content (AvgIpc) is 2.38. The van der Waals surface area contributed by atoms with Gasteiger partial charge in [0.1, 0.15) is 5.82 Å². The van der Waals surface area contributed by atoms with E-state index in [2.05, 4.69) is 34.3 Å². The van der Waals surface area contributed by atoms with E-state index in [0.717, 1.165) is 11.7 Å². The third kappa shape index (κ3) is 2.66. The van der Waals surface area contributed by atoms with Gasteiger partial charge in [0.05, 0.1) is 0 Å². The Labute approximate surface area is 102 Å². The Kier molecular flexibility index (Phi) is 3.78. The summed E-state index contributed by atoms with van der Waals surface area (Å²) >= 11 is 0. The highest BCUT2D eigenvalue weighted by Gasteiger charge is 2.25. The van der Waals surface area contributed by atoms with Crippen LogP contribution in [-0.2, 0) is 0 Å². The average molecular weight is 235 g/mol. The molecule has 0 spiro atoms. The molecule has 1 aromatic rings. The van der Waals surface area contributed by atoms with E-state index in [9.17, 15) is 0 Å². The third-order valence-electron chi connectivity index (χ3n) is 3.70. The minimum atomic E-state index is 0.470. The van der Waals surface area contributed by atoms with Crippen molar-refractivity contribution in [2.45, 2.75) is 38.6 Å². The molecule has 2 atom stereocenters. The van der Waals surface area contributed by atoms with Gasteiger partial charge >= 0.3 is 0 Å². The second-order valence-corrected chi connectivity index (χ2v) is 4.82. The van der Waals surface area contributed by atoms with Gasteiger partial charge in [-0.15, -0.1) is 0 Å². The fourth-order valence-electron chi connectivity index (χ4n) is 2.66. The summed E-state index contributed by atoms with van der Waals surface area (Å²) in [5, 5.41) is 0. The number of aromatic nitrogens is 2. The predicted octanol–water partition coefficient (Wildman–Crippen LogP) is 1.78. The van der Waals surface area contributed by atoms with Crippen molar-refractivity contribution in [2.75, 3.05) is 17.4 Å². The Morgan fingerprint density at radius 1 is 1.41 bits per heavy atom. The van der Waals surface area contributed by atoms with Gasteiger partial charge in [-0.05, 0) is 24.8 Å². The van der Waals surface area contributed by atoms with E-state index in [1.165, 1.54) is 25.7 Å². The van der Waals surface area contributed by atoms with Crippen molar-refractivity contribution < 1.29 is 0 Å². The first kappa shape index (κ1) is 12.1. The predicted molar refractivity (Wildman–Crippen MR) is 69.7 cm³/mol. The van der Waals surface area contributed by atoms with Crippen LogP contribution in [0.5, 0.6) is 0 Å². The number of anilines is 2. The minimum Gasteiger partial charge on any atom is -0.356 e. The molecule has 5 nitrogen and oxygen atoms in total. The Morgan fingerprint density at radius 2 is 2.18 bits per heavy atom. The van der Waals surface area contributed by atoms with E-state index in [1.807, 2.05) is 6.07 Å². The zero-order chi connectivity index (χ0) is 12.3. The molecule has 1 heterocycles. The standard InChI is InChI=1S/C12H21N5/c1-9-5-3-4-6-10(9)17(2)11-7-8-14-12(15-11)16-13/h7-10H,3-6,13H2,1-2H3,(H,14,15,16). The Bertz CT molecular complexity index is 368. The zero-order valence-corrected chi connectivity index (χ0v) is 10.6. The van der Waals surface area contributed by atoms with Gasteiger partial charge < -0.3 is 4.90 Å². The molecule has 1 fully saturated rings. The molecular weight excluding hydrogens is 214 g/mol. The van der Waals surface area contributed by atoms with Gasteiger partial charge in [0, 0.05) is 19.3 Å². The van der Waals surface area contributed by atoms with Crippen molar-refractivity contribution in [1.82, 2.24) is 9.97 Å². The molecule has 1 aromatic heterocycles. The van der Waals surface area contributed by atoms with Crippen LogP contribution in [0.2, 0.25) is 0 Å². The summed E-state index contributed by atoms with van der Waals surface area (Å²) in [5.41, 5.74) is 2.49. The lowest BCUT2D eigenvalue weighted by Crippen LogP contribution is -2.39. The summed E-state index contributed by atoms with van der Waals surface area (Å²) in [6.07, 6.45) is 6.95. The van der Waals surface area contributed by atoms with Gasteiger partial charge in [-0.1, -0.05) is 19.8 Å². The van der Waals surface area contributed by atoms with E-state index in [4.69, 9.17) is 5.84 Å². The summed E-state index contributed by atoms with van der Waals surface area (Å²) in [6, 6.07) is 2.51. The first-order valence-electron chi connectivity index (χ1n) is 6.25. The molecule has 0 saturated heterocycles. The molecule has 5 heteroatoms. The van der Waals surface area contributed by atoms with E-state index in [-0.39, 0.29) is 0 Å². The van der Waals surface area contributed by atoms with Gasteiger partial charge in [0.2, 0.25) is 5.95 Å². The van der Waals surface area contributed by atoms with Crippen LogP contribution >= 0.6 is 0 Å². The van der Waals surface area contributed by atoms with Crippen LogP contribution in [0.1, 0.15) is 32.6 Å². The third-order valence-corrected chi connectivity index (χ3v) is 3.70. The van der Waals surface area contributed by atoms with Crippen molar-refractivity contribution in [2.24, 2.45) is 11.8 Å². The Hall–Kier alpha value is -1.36. The topological polar surface area (TPSA) is 67.1 Å². The number of nitrogens with one attached hydrogen (secondary N) is 1. The maximum absolute atomic E-state index is 5.33. The molecule has 0 radical (unpaired) electrons. The largest absolute Gasteiger partial charge is 0.356 e. The molecule has 0 aliphatic heterocycles. The monoisotopic (exact) mass is 235 g/mol. The number of hydrogen-bond donors (Lipinski definition) is 2. The normalized spacial score (nSPS) is 24.4. The molecule has 2 unspecified atom stereocenters. The Balaban J connectivity index is 2.14. The summed E-state index contributed by atoms with van der Waals surface area (Å²) in [5.74, 6) is 7.46. The molecule has 0 amide bonds. The van der Waals surface area contributed by atoms with Crippen LogP contribution in [-0.4, -0.2) is 23.1 Å². The molecule has 1 saturated carbocycles. The van der Waals surface area contributed by atoms with Crippen LogP contribution in [0.25, 0.3) is 0 Å². The van der Waals surface area contributed by atoms with Gasteiger partial charge in [0.15, 0.2) is 0 Å². The van der Waals surface area contributed by atoms with E-state index in [1.54, 1.807) is 6.20 Å². The van der Waals surface area contributed by atoms with Crippen LogP contribution < -0.4 is 16.2 Å². The van der Waals surface area contributed by atoms with Gasteiger partial charge in [-0.25, -0.2) is 10.8 Å². The van der Waals surface area contributed by atoms with Crippen LogP contribution in [0, 0.1) is 5.92 Å². The molecule has 1 aliphatic rings. The summed E-state index contributed by atoms with van der Waals surface area (Å²) < 4.78 is 0. The first-order valence-corrected chi connectivity index (χ1v) is 6.25.